The topological polar surface area (TPSA) is 40.6 Å². The lowest BCUT2D eigenvalue weighted by Gasteiger charge is -2.30. The first-order chi connectivity index (χ1) is 20.7. The highest BCUT2D eigenvalue weighted by molar-refractivity contribution is 8.77. The average Bonchev–Trinajstić information content (AvgIpc) is 3.42. The number of thiazole rings is 1. The monoisotopic (exact) mass is 655 g/mol. The molecule has 0 aliphatic rings. The predicted molar refractivity (Wildman–Crippen MR) is 191 cm³/mol. The summed E-state index contributed by atoms with van der Waals surface area (Å²) in [6.07, 6.45) is 24.0. The van der Waals surface area contributed by atoms with E-state index in [0.717, 1.165) is 67.2 Å². The second-order valence-electron chi connectivity index (χ2n) is 11.5. The molecule has 0 fully saturated rings. The van der Waals surface area contributed by atoms with Crippen LogP contribution in [0.4, 0.5) is 0 Å². The quantitative estimate of drug-likeness (QED) is 0.0474. The van der Waals surface area contributed by atoms with E-state index in [1.54, 1.807) is 22.1 Å². The molecule has 4 nitrogen and oxygen atoms in total. The zero-order chi connectivity index (χ0) is 30.0. The minimum Gasteiger partial charge on any atom is -0.373 e. The number of fused-ring (bicyclic) bond motifs is 1. The molecule has 0 saturated carbocycles. The third-order valence-electron chi connectivity index (χ3n) is 7.57. The number of nitrogens with zero attached hydrogens (tertiary/aromatic N) is 1. The van der Waals surface area contributed by atoms with Crippen molar-refractivity contribution in [2.75, 3.05) is 25.6 Å². The van der Waals surface area contributed by atoms with Gasteiger partial charge in [0.15, 0.2) is 4.34 Å². The first-order valence-electron chi connectivity index (χ1n) is 17.3. The molecule has 0 amide bonds. The van der Waals surface area contributed by atoms with Crippen LogP contribution in [0.5, 0.6) is 0 Å². The van der Waals surface area contributed by atoms with Gasteiger partial charge in [-0.2, -0.15) is 0 Å². The fourth-order valence-corrected chi connectivity index (χ4v) is 11.4. The van der Waals surface area contributed by atoms with Crippen LogP contribution in [0.25, 0.3) is 10.2 Å². The van der Waals surface area contributed by atoms with E-state index in [2.05, 4.69) is 45.0 Å². The van der Waals surface area contributed by atoms with Gasteiger partial charge in [-0.05, 0) is 48.6 Å². The third-order valence-corrected chi connectivity index (χ3v) is 14.3. The van der Waals surface area contributed by atoms with Gasteiger partial charge < -0.3 is 13.3 Å². The molecule has 1 aromatic heterocycles. The summed E-state index contributed by atoms with van der Waals surface area (Å²) in [5.41, 5.74) is 1.10. The number of benzene rings is 1. The van der Waals surface area contributed by atoms with Crippen LogP contribution in [0.2, 0.25) is 6.04 Å². The lowest BCUT2D eigenvalue weighted by Crippen LogP contribution is -2.46. The van der Waals surface area contributed by atoms with Crippen molar-refractivity contribution in [3.63, 3.8) is 0 Å². The average molecular weight is 656 g/mol. The summed E-state index contributed by atoms with van der Waals surface area (Å²) in [7, 11) is 0.994. The molecule has 0 bridgehead atoms. The van der Waals surface area contributed by atoms with Gasteiger partial charge in [0.2, 0.25) is 0 Å². The molecule has 0 atom stereocenters. The fourth-order valence-electron chi connectivity index (χ4n) is 5.00. The SMILES string of the molecule is CCCCCCCCO[Si](CCCSSc1nc2ccccc2s1)(OCCCCCCCC)OCCCCCCCC. The molecule has 242 valence electrons. The highest BCUT2D eigenvalue weighted by Crippen LogP contribution is 2.37. The van der Waals surface area contributed by atoms with Gasteiger partial charge >= 0.3 is 8.80 Å². The maximum absolute atomic E-state index is 6.70. The molecule has 42 heavy (non-hydrogen) atoms. The maximum Gasteiger partial charge on any atom is 0.500 e. The predicted octanol–water partition coefficient (Wildman–Crippen LogP) is 12.5. The summed E-state index contributed by atoms with van der Waals surface area (Å²) in [4.78, 5) is 4.78. The normalized spacial score (nSPS) is 12.1. The molecule has 0 spiro atoms. The molecule has 0 radical (unpaired) electrons. The number of aromatic nitrogens is 1. The Bertz CT molecular complexity index is 806. The van der Waals surface area contributed by atoms with Crippen molar-refractivity contribution in [3.8, 4) is 0 Å². The zero-order valence-corrected chi connectivity index (χ0v) is 30.6. The summed E-state index contributed by atoms with van der Waals surface area (Å²) in [6.45, 7) is 9.17. The first kappa shape index (κ1) is 38.1. The van der Waals surface area contributed by atoms with Crippen molar-refractivity contribution in [2.45, 2.75) is 153 Å². The number of unbranched alkanes of at least 4 members (excludes halogenated alkanes) is 15. The van der Waals surface area contributed by atoms with Crippen molar-refractivity contribution >= 4 is 51.9 Å². The van der Waals surface area contributed by atoms with Gasteiger partial charge in [0.05, 0.1) is 10.2 Å². The van der Waals surface area contributed by atoms with Crippen LogP contribution in [-0.4, -0.2) is 39.4 Å². The van der Waals surface area contributed by atoms with Gasteiger partial charge in [0.25, 0.3) is 0 Å². The molecule has 0 N–H and O–H groups in total. The van der Waals surface area contributed by atoms with Crippen LogP contribution in [-0.2, 0) is 13.3 Å². The first-order valence-corrected chi connectivity index (χ1v) is 22.4. The van der Waals surface area contributed by atoms with E-state index in [9.17, 15) is 0 Å². The Hall–Kier alpha value is -0.0931. The summed E-state index contributed by atoms with van der Waals surface area (Å²) >= 11 is 1.79. The lowest BCUT2D eigenvalue weighted by atomic mass is 10.1. The Morgan fingerprint density at radius 1 is 0.619 bits per heavy atom. The smallest absolute Gasteiger partial charge is 0.373 e. The molecule has 1 aromatic carbocycles. The number of rotatable bonds is 30. The molecule has 1 heterocycles. The summed E-state index contributed by atoms with van der Waals surface area (Å²) in [5.74, 6) is 1.05. The van der Waals surface area contributed by atoms with Gasteiger partial charge in [-0.1, -0.05) is 140 Å². The molecular weight excluding hydrogens is 595 g/mol. The van der Waals surface area contributed by atoms with Crippen molar-refractivity contribution in [2.24, 2.45) is 0 Å². The second kappa shape index (κ2) is 26.2. The number of para-hydroxylation sites is 1. The molecule has 0 unspecified atom stereocenters. The van der Waals surface area contributed by atoms with E-state index in [-0.39, 0.29) is 0 Å². The van der Waals surface area contributed by atoms with Gasteiger partial charge in [-0.25, -0.2) is 4.98 Å². The Morgan fingerprint density at radius 3 is 1.60 bits per heavy atom. The van der Waals surface area contributed by atoms with E-state index in [1.165, 1.54) is 101 Å². The van der Waals surface area contributed by atoms with Crippen LogP contribution in [0.1, 0.15) is 143 Å². The molecule has 0 saturated heterocycles. The highest BCUT2D eigenvalue weighted by Gasteiger charge is 2.40. The fraction of sp³-hybridized carbons (Fsp3) is 0.794. The van der Waals surface area contributed by atoms with Crippen LogP contribution < -0.4 is 0 Å². The van der Waals surface area contributed by atoms with Gasteiger partial charge in [0.1, 0.15) is 0 Å². The van der Waals surface area contributed by atoms with Gasteiger partial charge in [-0.15, -0.1) is 11.3 Å². The molecule has 2 aromatic rings. The van der Waals surface area contributed by atoms with Crippen molar-refractivity contribution in [1.29, 1.82) is 0 Å². The van der Waals surface area contributed by atoms with Crippen LogP contribution in [0.15, 0.2) is 28.6 Å². The van der Waals surface area contributed by atoms with Crippen LogP contribution >= 0.6 is 32.9 Å². The second-order valence-corrected chi connectivity index (χ2v) is 17.9. The molecule has 8 heteroatoms. The van der Waals surface area contributed by atoms with Gasteiger partial charge in [0, 0.05) is 31.6 Å². The van der Waals surface area contributed by atoms with E-state index in [4.69, 9.17) is 18.3 Å². The van der Waals surface area contributed by atoms with E-state index in [0.29, 0.717) is 0 Å². The highest BCUT2D eigenvalue weighted by atomic mass is 33.1. The minimum atomic E-state index is -2.71. The van der Waals surface area contributed by atoms with E-state index < -0.39 is 8.80 Å². The maximum atomic E-state index is 6.70. The van der Waals surface area contributed by atoms with Crippen molar-refractivity contribution < 1.29 is 13.3 Å². The lowest BCUT2D eigenvalue weighted by molar-refractivity contribution is 0.0551. The molecule has 0 aliphatic carbocycles. The van der Waals surface area contributed by atoms with Crippen molar-refractivity contribution in [3.05, 3.63) is 24.3 Å². The largest absolute Gasteiger partial charge is 0.500 e. The Balaban J connectivity index is 1.89. The Morgan fingerprint density at radius 2 is 1.10 bits per heavy atom. The van der Waals surface area contributed by atoms with E-state index in [1.807, 2.05) is 10.8 Å². The molecular formula is C34H61NO3S3Si. The zero-order valence-electron chi connectivity index (χ0n) is 27.2. The Labute approximate surface area is 272 Å². The standard InChI is InChI=1S/C34H61NO3S3Si/c1-4-7-10-13-16-21-27-36-42(37-28-22-17-14-11-8-5-2,38-29-23-18-15-12-9-6-3)31-24-30-39-41-34-35-32-25-19-20-26-33(32)40-34/h19-20,25-26H,4-18,21-24,27-31H2,1-3H3. The third kappa shape index (κ3) is 18.0. The molecule has 0 aliphatic heterocycles. The Kier molecular flexibility index (Phi) is 23.7. The summed E-state index contributed by atoms with van der Waals surface area (Å²) < 4.78 is 22.5. The van der Waals surface area contributed by atoms with Crippen LogP contribution in [0.3, 0.4) is 0 Å². The minimum absolute atomic E-state index is 0.777. The number of hydrogen-bond donors (Lipinski definition) is 0. The van der Waals surface area contributed by atoms with Crippen molar-refractivity contribution in [1.82, 2.24) is 4.98 Å². The van der Waals surface area contributed by atoms with Gasteiger partial charge in [-0.3, -0.25) is 0 Å². The van der Waals surface area contributed by atoms with Crippen LogP contribution in [0, 0.1) is 0 Å². The summed E-state index contributed by atoms with van der Waals surface area (Å²) in [5, 5.41) is 0. The van der Waals surface area contributed by atoms with E-state index >= 15 is 0 Å². The molecule has 2 rings (SSSR count). The number of hydrogen-bond acceptors (Lipinski definition) is 7. The summed E-state index contributed by atoms with van der Waals surface area (Å²) in [6, 6.07) is 9.33.